The van der Waals surface area contributed by atoms with Crippen molar-refractivity contribution in [2.45, 2.75) is 6.92 Å². The van der Waals surface area contributed by atoms with Crippen molar-refractivity contribution in [1.82, 2.24) is 5.43 Å². The van der Waals surface area contributed by atoms with E-state index < -0.39 is 10.8 Å². The lowest BCUT2D eigenvalue weighted by Crippen LogP contribution is -2.18. The number of carbonyl (C=O) groups excluding carboxylic acids is 1. The molecule has 7 nitrogen and oxygen atoms in total. The molecule has 0 spiro atoms. The quantitative estimate of drug-likeness (QED) is 0.396. The lowest BCUT2D eigenvalue weighted by Gasteiger charge is -2.03. The maximum atomic E-state index is 12.1. The summed E-state index contributed by atoms with van der Waals surface area (Å²) < 4.78 is 5.58. The number of carbonyl (C=O) groups is 1. The molecule has 136 valence electrons. The third-order valence-corrected chi connectivity index (χ3v) is 4.01. The number of nitrogens with zero attached hydrogens (tertiary/aromatic N) is 2. The largest absolute Gasteiger partial charge is 0.455 e. The summed E-state index contributed by atoms with van der Waals surface area (Å²) in [6.45, 7) is 1.88. The zero-order valence-electron chi connectivity index (χ0n) is 14.2. The van der Waals surface area contributed by atoms with Crippen LogP contribution in [-0.4, -0.2) is 17.0 Å². The first kappa shape index (κ1) is 18.3. The Hall–Kier alpha value is -3.45. The molecule has 0 fully saturated rings. The molecule has 0 saturated heterocycles. The molecular formula is C19H14ClN3O4. The van der Waals surface area contributed by atoms with Crippen LogP contribution in [0.1, 0.15) is 21.7 Å². The van der Waals surface area contributed by atoms with Crippen molar-refractivity contribution in [1.29, 1.82) is 0 Å². The van der Waals surface area contributed by atoms with E-state index in [1.807, 2.05) is 6.92 Å². The lowest BCUT2D eigenvalue weighted by molar-refractivity contribution is -0.384. The summed E-state index contributed by atoms with van der Waals surface area (Å²) in [5.74, 6) is 0.390. The highest BCUT2D eigenvalue weighted by Crippen LogP contribution is 2.25. The predicted octanol–water partition coefficient (Wildman–Crippen LogP) is 4.58. The molecule has 2 aromatic carbocycles. The number of rotatable bonds is 5. The Bertz CT molecular complexity index is 1040. The van der Waals surface area contributed by atoms with Crippen molar-refractivity contribution >= 4 is 29.4 Å². The second-order valence-corrected chi connectivity index (χ2v) is 6.10. The highest BCUT2D eigenvalue weighted by atomic mass is 35.5. The van der Waals surface area contributed by atoms with Gasteiger partial charge in [-0.05, 0) is 36.8 Å². The van der Waals surface area contributed by atoms with Crippen LogP contribution in [0.25, 0.3) is 11.3 Å². The first-order valence-corrected chi connectivity index (χ1v) is 8.26. The molecule has 1 aromatic heterocycles. The van der Waals surface area contributed by atoms with E-state index in [0.717, 1.165) is 5.56 Å². The van der Waals surface area contributed by atoms with Crippen molar-refractivity contribution in [3.05, 3.63) is 86.6 Å². The monoisotopic (exact) mass is 383 g/mol. The summed E-state index contributed by atoms with van der Waals surface area (Å²) in [5.41, 5.74) is 4.18. The van der Waals surface area contributed by atoms with Crippen molar-refractivity contribution in [2.24, 2.45) is 5.10 Å². The summed E-state index contributed by atoms with van der Waals surface area (Å²) in [5, 5.41) is 15.0. The predicted molar refractivity (Wildman–Crippen MR) is 102 cm³/mol. The molecule has 0 radical (unpaired) electrons. The molecule has 1 N–H and O–H groups in total. The van der Waals surface area contributed by atoms with Crippen LogP contribution < -0.4 is 5.43 Å². The Labute approximate surface area is 159 Å². The molecule has 0 saturated carbocycles. The van der Waals surface area contributed by atoms with Gasteiger partial charge in [0, 0.05) is 17.7 Å². The number of hydrazone groups is 1. The van der Waals surface area contributed by atoms with Gasteiger partial charge in [0.15, 0.2) is 0 Å². The molecule has 0 aliphatic carbocycles. The number of amides is 1. The molecule has 3 aromatic rings. The molecule has 1 amide bonds. The minimum Gasteiger partial charge on any atom is -0.455 e. The summed E-state index contributed by atoms with van der Waals surface area (Å²) in [7, 11) is 0. The first-order chi connectivity index (χ1) is 12.9. The number of halogens is 1. The number of hydrogen-bond donors (Lipinski definition) is 1. The third kappa shape index (κ3) is 4.39. The SMILES string of the molecule is Cc1ccc(C(=O)NN=Cc2ccc(-c3cccc([N+](=O)[O-])c3)o2)c(Cl)c1. The highest BCUT2D eigenvalue weighted by molar-refractivity contribution is 6.33. The van der Waals surface area contributed by atoms with Gasteiger partial charge in [-0.1, -0.05) is 29.8 Å². The number of nitrogens with one attached hydrogen (secondary N) is 1. The molecule has 0 atom stereocenters. The average Bonchev–Trinajstić information content (AvgIpc) is 3.10. The summed E-state index contributed by atoms with van der Waals surface area (Å²) >= 11 is 6.05. The first-order valence-electron chi connectivity index (χ1n) is 7.88. The van der Waals surface area contributed by atoms with E-state index in [1.165, 1.54) is 18.3 Å². The number of nitro groups is 1. The van der Waals surface area contributed by atoms with Gasteiger partial charge < -0.3 is 4.42 Å². The van der Waals surface area contributed by atoms with Crippen LogP contribution in [-0.2, 0) is 0 Å². The fourth-order valence-electron chi connectivity index (χ4n) is 2.37. The van der Waals surface area contributed by atoms with Crippen molar-refractivity contribution in [3.8, 4) is 11.3 Å². The number of aryl methyl sites for hydroxylation is 1. The van der Waals surface area contributed by atoms with Gasteiger partial charge in [0.2, 0.25) is 0 Å². The van der Waals surface area contributed by atoms with Gasteiger partial charge in [0.25, 0.3) is 11.6 Å². The van der Waals surface area contributed by atoms with Gasteiger partial charge >= 0.3 is 0 Å². The average molecular weight is 384 g/mol. The Morgan fingerprint density at radius 1 is 1.22 bits per heavy atom. The fourth-order valence-corrected chi connectivity index (χ4v) is 2.69. The number of hydrogen-bond acceptors (Lipinski definition) is 5. The van der Waals surface area contributed by atoms with Gasteiger partial charge in [0.05, 0.1) is 21.7 Å². The fraction of sp³-hybridized carbons (Fsp3) is 0.0526. The maximum Gasteiger partial charge on any atom is 0.272 e. The molecule has 1 heterocycles. The Morgan fingerprint density at radius 3 is 2.78 bits per heavy atom. The minimum atomic E-state index is -0.472. The molecular weight excluding hydrogens is 370 g/mol. The number of nitro benzene ring substituents is 1. The van der Waals surface area contributed by atoms with Gasteiger partial charge in [-0.2, -0.15) is 5.10 Å². The van der Waals surface area contributed by atoms with Gasteiger partial charge in [-0.3, -0.25) is 14.9 Å². The van der Waals surface area contributed by atoms with Crippen LogP contribution in [0, 0.1) is 17.0 Å². The minimum absolute atomic E-state index is 0.0265. The zero-order valence-corrected chi connectivity index (χ0v) is 14.9. The maximum absolute atomic E-state index is 12.1. The van der Waals surface area contributed by atoms with Crippen LogP contribution >= 0.6 is 11.6 Å². The summed E-state index contributed by atoms with van der Waals surface area (Å²) in [6, 6.07) is 14.5. The Balaban J connectivity index is 1.69. The molecule has 0 aliphatic heterocycles. The standard InChI is InChI=1S/C19H14ClN3O4/c1-12-5-7-16(17(20)9-12)19(24)22-21-11-15-6-8-18(27-15)13-3-2-4-14(10-13)23(25)26/h2-11H,1H3,(H,22,24). The molecule has 8 heteroatoms. The number of furan rings is 1. The van der Waals surface area contributed by atoms with E-state index in [4.69, 9.17) is 16.0 Å². The van der Waals surface area contributed by atoms with E-state index in [2.05, 4.69) is 10.5 Å². The van der Waals surface area contributed by atoms with E-state index in [1.54, 1.807) is 42.5 Å². The molecule has 0 aliphatic rings. The zero-order chi connectivity index (χ0) is 19.4. The van der Waals surface area contributed by atoms with Crippen molar-refractivity contribution < 1.29 is 14.1 Å². The smallest absolute Gasteiger partial charge is 0.272 e. The summed E-state index contributed by atoms with van der Waals surface area (Å²) in [4.78, 5) is 22.5. The lowest BCUT2D eigenvalue weighted by atomic mass is 10.1. The molecule has 3 rings (SSSR count). The second kappa shape index (κ2) is 7.84. The van der Waals surface area contributed by atoms with Gasteiger partial charge in [-0.25, -0.2) is 5.43 Å². The van der Waals surface area contributed by atoms with E-state index in [9.17, 15) is 14.9 Å². The number of non-ortho nitro benzene ring substituents is 1. The molecule has 0 unspecified atom stereocenters. The normalized spacial score (nSPS) is 10.9. The van der Waals surface area contributed by atoms with Gasteiger partial charge in [0.1, 0.15) is 11.5 Å². The van der Waals surface area contributed by atoms with Crippen LogP contribution in [0.2, 0.25) is 5.02 Å². The van der Waals surface area contributed by atoms with E-state index >= 15 is 0 Å². The molecule has 0 bridgehead atoms. The van der Waals surface area contributed by atoms with E-state index in [-0.39, 0.29) is 5.69 Å². The third-order valence-electron chi connectivity index (χ3n) is 3.70. The molecule has 27 heavy (non-hydrogen) atoms. The Kier molecular flexibility index (Phi) is 5.33. The van der Waals surface area contributed by atoms with Crippen LogP contribution in [0.4, 0.5) is 5.69 Å². The van der Waals surface area contributed by atoms with Crippen molar-refractivity contribution in [3.63, 3.8) is 0 Å². The summed E-state index contributed by atoms with van der Waals surface area (Å²) in [6.07, 6.45) is 1.33. The van der Waals surface area contributed by atoms with E-state index in [0.29, 0.717) is 27.7 Å². The van der Waals surface area contributed by atoms with Crippen LogP contribution in [0.5, 0.6) is 0 Å². The Morgan fingerprint density at radius 2 is 2.04 bits per heavy atom. The van der Waals surface area contributed by atoms with Crippen LogP contribution in [0.15, 0.2) is 64.1 Å². The van der Waals surface area contributed by atoms with Gasteiger partial charge in [-0.15, -0.1) is 0 Å². The highest BCUT2D eigenvalue weighted by Gasteiger charge is 2.11. The topological polar surface area (TPSA) is 97.7 Å². The second-order valence-electron chi connectivity index (χ2n) is 5.69. The number of benzene rings is 2. The van der Waals surface area contributed by atoms with Crippen molar-refractivity contribution in [2.75, 3.05) is 0 Å². The van der Waals surface area contributed by atoms with Crippen LogP contribution in [0.3, 0.4) is 0 Å².